The van der Waals surface area contributed by atoms with Gasteiger partial charge in [0.15, 0.2) is 0 Å². The Bertz CT molecular complexity index is 1030. The molecule has 2 aliphatic rings. The first-order valence-corrected chi connectivity index (χ1v) is 13.0. The molecule has 204 valence electrons. The van der Waals surface area contributed by atoms with Crippen molar-refractivity contribution in [1.29, 1.82) is 0 Å². The number of rotatable bonds is 9. The molecule has 10 nitrogen and oxygen atoms in total. The molecule has 2 fully saturated rings. The third-order valence-electron chi connectivity index (χ3n) is 7.77. The zero-order valence-electron chi connectivity index (χ0n) is 22.1. The van der Waals surface area contributed by atoms with Crippen LogP contribution in [0.25, 0.3) is 0 Å². The van der Waals surface area contributed by atoms with E-state index in [2.05, 4.69) is 5.32 Å². The second-order valence-electron chi connectivity index (χ2n) is 10.6. The van der Waals surface area contributed by atoms with E-state index in [-0.39, 0.29) is 18.2 Å². The maximum atomic E-state index is 14.0. The van der Waals surface area contributed by atoms with Crippen LogP contribution in [0.5, 0.6) is 0 Å². The van der Waals surface area contributed by atoms with Gasteiger partial charge >= 0.3 is 0 Å². The first kappa shape index (κ1) is 28.6. The minimum atomic E-state index is -1.32. The highest BCUT2D eigenvalue weighted by atomic mass is 16.3. The molecule has 2 aliphatic heterocycles. The predicted octanol–water partition coefficient (Wildman–Crippen LogP) is 0.258. The third kappa shape index (κ3) is 5.96. The van der Waals surface area contributed by atoms with E-state index >= 15 is 0 Å². The topological polar surface area (TPSA) is 153 Å². The number of aryl methyl sites for hydroxylation is 1. The Morgan fingerprint density at radius 3 is 2.41 bits per heavy atom. The first-order chi connectivity index (χ1) is 17.4. The number of aliphatic hydroxyl groups is 2. The van der Waals surface area contributed by atoms with E-state index in [9.17, 15) is 29.4 Å². The molecule has 6 atom stereocenters. The van der Waals surface area contributed by atoms with E-state index in [0.29, 0.717) is 38.8 Å². The summed E-state index contributed by atoms with van der Waals surface area (Å²) in [6, 6.07) is 5.62. The van der Waals surface area contributed by atoms with Crippen molar-refractivity contribution in [2.75, 3.05) is 13.1 Å². The molecule has 0 saturated carbocycles. The summed E-state index contributed by atoms with van der Waals surface area (Å²) < 4.78 is 0. The maximum Gasteiger partial charge on any atom is 0.247 e. The highest BCUT2D eigenvalue weighted by Crippen LogP contribution is 2.36. The number of likely N-dealkylation sites (tertiary alicyclic amines) is 2. The quantitative estimate of drug-likeness (QED) is 0.369. The standard InChI is InChI=1S/C27H40N4O6/c1-16-8-5-9-20(14-16)15-27(26(37)29-22(19(4)33)23(28)34)11-7-13-31(27)25(36)21-10-6-12-30(21)24(35)17(2)18(3)32/h5,8-9,14,17-19,21-22,32-33H,6-7,10-13,15H2,1-4H3,(H2,28,34)(H,29,37)/t17-,18+,19+,21-,22-,27?/m0/s1. The highest BCUT2D eigenvalue weighted by molar-refractivity contribution is 5.97. The lowest BCUT2D eigenvalue weighted by Crippen LogP contribution is -2.65. The summed E-state index contributed by atoms with van der Waals surface area (Å²) in [6.07, 6.45) is 0.169. The molecule has 4 amide bonds. The van der Waals surface area contributed by atoms with Gasteiger partial charge in [-0.25, -0.2) is 0 Å². The smallest absolute Gasteiger partial charge is 0.247 e. The molecule has 2 saturated heterocycles. The van der Waals surface area contributed by atoms with Crippen LogP contribution in [-0.4, -0.2) is 86.6 Å². The van der Waals surface area contributed by atoms with Gasteiger partial charge in [0.05, 0.1) is 18.1 Å². The summed E-state index contributed by atoms with van der Waals surface area (Å²) in [4.78, 5) is 56.0. The van der Waals surface area contributed by atoms with Crippen LogP contribution in [0.2, 0.25) is 0 Å². The predicted molar refractivity (Wildman–Crippen MR) is 137 cm³/mol. The number of nitrogens with zero attached hydrogens (tertiary/aromatic N) is 2. The fraction of sp³-hybridized carbons (Fsp3) is 0.630. The van der Waals surface area contributed by atoms with Crippen molar-refractivity contribution in [2.24, 2.45) is 11.7 Å². The third-order valence-corrected chi connectivity index (χ3v) is 7.77. The van der Waals surface area contributed by atoms with Gasteiger partial charge in [0.2, 0.25) is 23.6 Å². The van der Waals surface area contributed by atoms with Crippen LogP contribution in [-0.2, 0) is 25.6 Å². The Kier molecular flexibility index (Phi) is 8.96. The van der Waals surface area contributed by atoms with Crippen LogP contribution < -0.4 is 11.1 Å². The molecule has 0 aromatic heterocycles. The summed E-state index contributed by atoms with van der Waals surface area (Å²) in [5.41, 5.74) is 5.97. The van der Waals surface area contributed by atoms with Gasteiger partial charge in [-0.1, -0.05) is 36.8 Å². The molecule has 0 bridgehead atoms. The summed E-state index contributed by atoms with van der Waals surface area (Å²) in [5, 5.41) is 22.6. The first-order valence-electron chi connectivity index (χ1n) is 13.0. The molecule has 3 rings (SSSR count). The van der Waals surface area contributed by atoms with Gasteiger partial charge in [-0.2, -0.15) is 0 Å². The van der Waals surface area contributed by atoms with Crippen molar-refractivity contribution < 1.29 is 29.4 Å². The number of carbonyl (C=O) groups is 4. The molecular weight excluding hydrogens is 476 g/mol. The van der Waals surface area contributed by atoms with Crippen LogP contribution in [0.15, 0.2) is 24.3 Å². The molecule has 0 radical (unpaired) electrons. The Morgan fingerprint density at radius 2 is 1.81 bits per heavy atom. The van der Waals surface area contributed by atoms with Crippen molar-refractivity contribution in [1.82, 2.24) is 15.1 Å². The summed E-state index contributed by atoms with van der Waals surface area (Å²) in [6.45, 7) is 7.21. The molecule has 37 heavy (non-hydrogen) atoms. The van der Waals surface area contributed by atoms with Crippen LogP contribution >= 0.6 is 0 Å². The normalized spacial score (nSPS) is 24.9. The van der Waals surface area contributed by atoms with Gasteiger partial charge in [-0.15, -0.1) is 0 Å². The Balaban J connectivity index is 1.98. The van der Waals surface area contributed by atoms with E-state index in [0.717, 1.165) is 11.1 Å². The van der Waals surface area contributed by atoms with Gasteiger partial charge in [0.25, 0.3) is 0 Å². The second-order valence-corrected chi connectivity index (χ2v) is 10.6. The Morgan fingerprint density at radius 1 is 1.11 bits per heavy atom. The van der Waals surface area contributed by atoms with Gasteiger partial charge in [-0.05, 0) is 52.0 Å². The fourth-order valence-corrected chi connectivity index (χ4v) is 5.50. The second kappa shape index (κ2) is 11.6. The van der Waals surface area contributed by atoms with E-state index in [4.69, 9.17) is 5.73 Å². The van der Waals surface area contributed by atoms with Crippen molar-refractivity contribution in [3.05, 3.63) is 35.4 Å². The van der Waals surface area contributed by atoms with E-state index in [1.165, 1.54) is 11.8 Å². The number of hydrogen-bond acceptors (Lipinski definition) is 6. The zero-order valence-corrected chi connectivity index (χ0v) is 22.1. The van der Waals surface area contributed by atoms with Crippen LogP contribution in [0.3, 0.4) is 0 Å². The monoisotopic (exact) mass is 516 g/mol. The van der Waals surface area contributed by atoms with Gasteiger partial charge in [-0.3, -0.25) is 19.2 Å². The highest BCUT2D eigenvalue weighted by Gasteiger charge is 2.53. The molecule has 1 aromatic rings. The summed E-state index contributed by atoms with van der Waals surface area (Å²) >= 11 is 0. The van der Waals surface area contributed by atoms with Crippen molar-refractivity contribution >= 4 is 23.6 Å². The molecule has 10 heteroatoms. The molecule has 1 unspecified atom stereocenters. The molecule has 1 aromatic carbocycles. The number of amides is 4. The lowest BCUT2D eigenvalue weighted by atomic mass is 9.85. The molecule has 0 aliphatic carbocycles. The number of benzene rings is 1. The van der Waals surface area contributed by atoms with Crippen LogP contribution in [0, 0.1) is 12.8 Å². The lowest BCUT2D eigenvalue weighted by Gasteiger charge is -2.41. The maximum absolute atomic E-state index is 14.0. The van der Waals surface area contributed by atoms with E-state index in [1.54, 1.807) is 18.7 Å². The van der Waals surface area contributed by atoms with Crippen molar-refractivity contribution in [3.63, 3.8) is 0 Å². The number of nitrogens with one attached hydrogen (secondary N) is 1. The lowest BCUT2D eigenvalue weighted by molar-refractivity contribution is -0.153. The van der Waals surface area contributed by atoms with Gasteiger partial charge in [0.1, 0.15) is 17.6 Å². The number of hydrogen-bond donors (Lipinski definition) is 4. The zero-order chi connectivity index (χ0) is 27.5. The van der Waals surface area contributed by atoms with Gasteiger partial charge < -0.3 is 31.1 Å². The van der Waals surface area contributed by atoms with Crippen molar-refractivity contribution in [3.8, 4) is 0 Å². The van der Waals surface area contributed by atoms with Crippen molar-refractivity contribution in [2.45, 2.75) is 89.6 Å². The SMILES string of the molecule is Cc1cccc(CC2(C(=O)N[C@H](C(N)=O)[C@@H](C)O)CCCN2C(=O)[C@@H]2CCCN2C(=O)[C@@H](C)[C@@H](C)O)c1. The van der Waals surface area contributed by atoms with Crippen LogP contribution in [0.1, 0.15) is 57.6 Å². The molecular formula is C27H40N4O6. The van der Waals surface area contributed by atoms with Gasteiger partial charge in [0, 0.05) is 19.5 Å². The fourth-order valence-electron chi connectivity index (χ4n) is 5.50. The minimum Gasteiger partial charge on any atom is -0.393 e. The van der Waals surface area contributed by atoms with E-state index in [1.807, 2.05) is 31.2 Å². The average Bonchev–Trinajstić information content (AvgIpc) is 3.48. The van der Waals surface area contributed by atoms with E-state index < -0.39 is 47.6 Å². The number of carbonyl (C=O) groups excluding carboxylic acids is 4. The minimum absolute atomic E-state index is 0.211. The number of aliphatic hydroxyl groups excluding tert-OH is 2. The largest absolute Gasteiger partial charge is 0.393 e. The molecule has 0 spiro atoms. The summed E-state index contributed by atoms with van der Waals surface area (Å²) in [5.74, 6) is -2.70. The summed E-state index contributed by atoms with van der Waals surface area (Å²) in [7, 11) is 0. The molecule has 5 N–H and O–H groups in total. The molecule has 2 heterocycles. The Labute approximate surface area is 218 Å². The number of primary amides is 1. The number of nitrogens with two attached hydrogens (primary N) is 1. The Hall–Kier alpha value is -2.98. The van der Waals surface area contributed by atoms with Crippen LogP contribution in [0.4, 0.5) is 0 Å². The average molecular weight is 517 g/mol.